The fraction of sp³-hybridized carbons (Fsp3) is 0.533. The zero-order chi connectivity index (χ0) is 13.0. The van der Waals surface area contributed by atoms with Gasteiger partial charge in [0.05, 0.1) is 12.0 Å². The fourth-order valence-electron chi connectivity index (χ4n) is 2.01. The van der Waals surface area contributed by atoms with Crippen LogP contribution < -0.4 is 0 Å². The summed E-state index contributed by atoms with van der Waals surface area (Å²) >= 11 is 0. The SMILES string of the molecule is CC(C)=CCC/C(C)=C/[C@H]1C(=O)C(C)=C[C@@H]1O. The maximum atomic E-state index is 11.7. The van der Waals surface area contributed by atoms with Gasteiger partial charge in [-0.05, 0) is 52.2 Å². The topological polar surface area (TPSA) is 37.3 Å². The molecule has 0 aliphatic heterocycles. The van der Waals surface area contributed by atoms with Crippen molar-refractivity contribution in [1.82, 2.24) is 0 Å². The summed E-state index contributed by atoms with van der Waals surface area (Å²) in [5, 5.41) is 9.74. The maximum absolute atomic E-state index is 11.7. The zero-order valence-electron chi connectivity index (χ0n) is 11.2. The van der Waals surface area contributed by atoms with Crippen molar-refractivity contribution in [3.05, 3.63) is 34.9 Å². The first-order valence-electron chi connectivity index (χ1n) is 6.13. The maximum Gasteiger partial charge on any atom is 0.168 e. The monoisotopic (exact) mass is 234 g/mol. The Hall–Kier alpha value is -1.15. The molecule has 2 atom stereocenters. The molecule has 0 amide bonds. The minimum atomic E-state index is -0.638. The normalized spacial score (nSPS) is 24.9. The molecule has 0 bridgehead atoms. The van der Waals surface area contributed by atoms with Gasteiger partial charge in [-0.1, -0.05) is 23.3 Å². The van der Waals surface area contributed by atoms with Crippen molar-refractivity contribution < 1.29 is 9.90 Å². The van der Waals surface area contributed by atoms with Gasteiger partial charge in [-0.3, -0.25) is 4.79 Å². The van der Waals surface area contributed by atoms with Crippen LogP contribution >= 0.6 is 0 Å². The van der Waals surface area contributed by atoms with Crippen molar-refractivity contribution in [3.63, 3.8) is 0 Å². The van der Waals surface area contributed by atoms with E-state index < -0.39 is 6.10 Å². The average molecular weight is 234 g/mol. The van der Waals surface area contributed by atoms with E-state index in [0.29, 0.717) is 5.57 Å². The molecular formula is C15H22O2. The molecule has 0 radical (unpaired) electrons. The van der Waals surface area contributed by atoms with Gasteiger partial charge in [0.15, 0.2) is 5.78 Å². The first-order valence-corrected chi connectivity index (χ1v) is 6.13. The van der Waals surface area contributed by atoms with Crippen molar-refractivity contribution in [2.45, 2.75) is 46.6 Å². The van der Waals surface area contributed by atoms with Crippen molar-refractivity contribution in [1.29, 1.82) is 0 Å². The van der Waals surface area contributed by atoms with Crippen LogP contribution in [0, 0.1) is 5.92 Å². The van der Waals surface area contributed by atoms with Gasteiger partial charge in [0.2, 0.25) is 0 Å². The summed E-state index contributed by atoms with van der Waals surface area (Å²) in [5.41, 5.74) is 3.16. The number of ketones is 1. The standard InChI is InChI=1S/C15H22O2/c1-10(2)6-5-7-11(3)8-13-14(16)9-12(4)15(13)17/h6,8-9,13-14,16H,5,7H2,1-4H3/b11-8+/t13-,14+/m1/s1. The average Bonchev–Trinajstić information content (AvgIpc) is 2.44. The number of hydrogen-bond donors (Lipinski definition) is 1. The third kappa shape index (κ3) is 3.97. The predicted octanol–water partition coefficient (Wildman–Crippen LogP) is 3.19. The van der Waals surface area contributed by atoms with E-state index in [2.05, 4.69) is 19.9 Å². The highest BCUT2D eigenvalue weighted by atomic mass is 16.3. The van der Waals surface area contributed by atoms with E-state index in [0.717, 1.165) is 12.8 Å². The van der Waals surface area contributed by atoms with E-state index in [1.165, 1.54) is 11.1 Å². The first kappa shape index (κ1) is 13.9. The molecular weight excluding hydrogens is 212 g/mol. The third-order valence-electron chi connectivity index (χ3n) is 3.04. The molecule has 1 aliphatic rings. The van der Waals surface area contributed by atoms with E-state index in [1.54, 1.807) is 13.0 Å². The van der Waals surface area contributed by atoms with E-state index in [1.807, 2.05) is 13.0 Å². The molecule has 2 heteroatoms. The van der Waals surface area contributed by atoms with Gasteiger partial charge in [-0.25, -0.2) is 0 Å². The molecule has 0 aromatic carbocycles. The van der Waals surface area contributed by atoms with E-state index in [9.17, 15) is 9.90 Å². The Morgan fingerprint density at radius 1 is 1.41 bits per heavy atom. The van der Waals surface area contributed by atoms with Gasteiger partial charge in [0.1, 0.15) is 0 Å². The molecule has 1 N–H and O–H groups in total. The first-order chi connectivity index (χ1) is 7.91. The second-order valence-corrected chi connectivity index (χ2v) is 5.06. The predicted molar refractivity (Wildman–Crippen MR) is 70.7 cm³/mol. The van der Waals surface area contributed by atoms with Crippen LogP contribution in [0.1, 0.15) is 40.5 Å². The molecule has 1 aliphatic carbocycles. The lowest BCUT2D eigenvalue weighted by atomic mass is 9.97. The van der Waals surface area contributed by atoms with Crippen LogP contribution in [0.3, 0.4) is 0 Å². The van der Waals surface area contributed by atoms with Crippen molar-refractivity contribution in [2.75, 3.05) is 0 Å². The molecule has 1 rings (SSSR count). The lowest BCUT2D eigenvalue weighted by Crippen LogP contribution is -2.18. The smallest absolute Gasteiger partial charge is 0.168 e. The number of Topliss-reactive ketones (excluding diaryl/α,β-unsaturated/α-hetero) is 1. The summed E-state index contributed by atoms with van der Waals surface area (Å²) in [4.78, 5) is 11.7. The Labute approximate surface area is 104 Å². The molecule has 2 nitrogen and oxygen atoms in total. The number of rotatable bonds is 4. The largest absolute Gasteiger partial charge is 0.388 e. The highest BCUT2D eigenvalue weighted by Crippen LogP contribution is 2.24. The molecule has 0 saturated heterocycles. The van der Waals surface area contributed by atoms with Gasteiger partial charge >= 0.3 is 0 Å². The summed E-state index contributed by atoms with van der Waals surface area (Å²) in [6, 6.07) is 0. The van der Waals surface area contributed by atoms with Crippen LogP contribution in [0.4, 0.5) is 0 Å². The Morgan fingerprint density at radius 2 is 2.06 bits per heavy atom. The minimum Gasteiger partial charge on any atom is -0.388 e. The molecule has 0 spiro atoms. The second kappa shape index (κ2) is 5.97. The quantitative estimate of drug-likeness (QED) is 0.758. The Balaban J connectivity index is 2.58. The van der Waals surface area contributed by atoms with E-state index in [-0.39, 0.29) is 11.7 Å². The number of aliphatic hydroxyl groups excluding tert-OH is 1. The van der Waals surface area contributed by atoms with Crippen LogP contribution in [0.25, 0.3) is 0 Å². The van der Waals surface area contributed by atoms with Crippen LogP contribution in [0.2, 0.25) is 0 Å². The summed E-state index contributed by atoms with van der Waals surface area (Å²) in [7, 11) is 0. The third-order valence-corrected chi connectivity index (χ3v) is 3.04. The number of hydrogen-bond acceptors (Lipinski definition) is 2. The van der Waals surface area contributed by atoms with Gasteiger partial charge in [0, 0.05) is 0 Å². The molecule has 17 heavy (non-hydrogen) atoms. The Kier molecular flexibility index (Phi) is 4.88. The van der Waals surface area contributed by atoms with E-state index >= 15 is 0 Å². The Morgan fingerprint density at radius 3 is 2.53 bits per heavy atom. The summed E-state index contributed by atoms with van der Waals surface area (Å²) in [6.45, 7) is 7.94. The summed E-state index contributed by atoms with van der Waals surface area (Å²) < 4.78 is 0. The minimum absolute atomic E-state index is 0.0547. The molecule has 0 aromatic heterocycles. The van der Waals surface area contributed by atoms with Crippen LogP contribution in [-0.2, 0) is 4.79 Å². The van der Waals surface area contributed by atoms with Crippen LogP contribution in [0.5, 0.6) is 0 Å². The van der Waals surface area contributed by atoms with Crippen molar-refractivity contribution in [3.8, 4) is 0 Å². The van der Waals surface area contributed by atoms with Gasteiger partial charge < -0.3 is 5.11 Å². The molecule has 94 valence electrons. The number of carbonyl (C=O) groups excluding carboxylic acids is 1. The highest BCUT2D eigenvalue weighted by Gasteiger charge is 2.30. The molecule has 0 saturated carbocycles. The number of allylic oxidation sites excluding steroid dienone is 4. The van der Waals surface area contributed by atoms with Crippen LogP contribution in [0.15, 0.2) is 34.9 Å². The second-order valence-electron chi connectivity index (χ2n) is 5.06. The van der Waals surface area contributed by atoms with Gasteiger partial charge in [-0.15, -0.1) is 0 Å². The van der Waals surface area contributed by atoms with E-state index in [4.69, 9.17) is 0 Å². The molecule has 0 fully saturated rings. The molecule has 0 aromatic rings. The summed E-state index contributed by atoms with van der Waals surface area (Å²) in [5.74, 6) is -0.305. The summed E-state index contributed by atoms with van der Waals surface area (Å²) in [6.07, 6.45) is 7.05. The van der Waals surface area contributed by atoms with Gasteiger partial charge in [-0.2, -0.15) is 0 Å². The molecule has 0 heterocycles. The molecule has 0 unspecified atom stereocenters. The number of carbonyl (C=O) groups is 1. The Bertz CT molecular complexity index is 382. The van der Waals surface area contributed by atoms with Crippen molar-refractivity contribution >= 4 is 5.78 Å². The lowest BCUT2D eigenvalue weighted by molar-refractivity contribution is -0.118. The fourth-order valence-corrected chi connectivity index (χ4v) is 2.01. The zero-order valence-corrected chi connectivity index (χ0v) is 11.2. The number of aliphatic hydroxyl groups is 1. The van der Waals surface area contributed by atoms with Crippen LogP contribution in [-0.4, -0.2) is 17.0 Å². The highest BCUT2D eigenvalue weighted by molar-refractivity contribution is 6.01. The lowest BCUT2D eigenvalue weighted by Gasteiger charge is -2.10. The van der Waals surface area contributed by atoms with Crippen molar-refractivity contribution in [2.24, 2.45) is 5.92 Å². The van der Waals surface area contributed by atoms with Gasteiger partial charge in [0.25, 0.3) is 0 Å².